The number of hydrogen-bond donors (Lipinski definition) is 1. The molecule has 2 heterocycles. The number of nitrogens with one attached hydrogen (secondary N) is 1. The third kappa shape index (κ3) is 8.82. The number of pyridine rings is 1. The first-order chi connectivity index (χ1) is 16.0. The molecule has 0 atom stereocenters. The first-order valence-corrected chi connectivity index (χ1v) is 11.5. The predicted molar refractivity (Wildman–Crippen MR) is 132 cm³/mol. The molecule has 1 aliphatic heterocycles. The smallest absolute Gasteiger partial charge is 0.307 e. The first-order valence-electron chi connectivity index (χ1n) is 11.5. The van der Waals surface area contributed by atoms with E-state index in [0.717, 1.165) is 56.1 Å². The maximum atomic E-state index is 11.8. The third-order valence-electron chi connectivity index (χ3n) is 5.28. The average Bonchev–Trinajstić information content (AvgIpc) is 2.81. The Morgan fingerprint density at radius 3 is 2.85 bits per heavy atom. The van der Waals surface area contributed by atoms with E-state index in [1.165, 1.54) is 5.56 Å². The van der Waals surface area contributed by atoms with Gasteiger partial charge in [0.1, 0.15) is 5.82 Å². The summed E-state index contributed by atoms with van der Waals surface area (Å²) in [6.45, 7) is 6.27. The van der Waals surface area contributed by atoms with Crippen LogP contribution < -0.4 is 10.3 Å². The molecule has 1 aliphatic rings. The minimum atomic E-state index is -0.161. The number of aromatic nitrogens is 1. The van der Waals surface area contributed by atoms with Crippen LogP contribution in [0.2, 0.25) is 0 Å². The van der Waals surface area contributed by atoms with E-state index in [2.05, 4.69) is 40.5 Å². The SMILES string of the molecule is Cc1cccc(/C=N/Nc2cc(N3CCOCC3)cc(CCCOC(=O)CCN(C)C)n2)c1. The van der Waals surface area contributed by atoms with Gasteiger partial charge < -0.3 is 19.3 Å². The largest absolute Gasteiger partial charge is 0.466 e. The molecule has 1 N–H and O–H groups in total. The highest BCUT2D eigenvalue weighted by atomic mass is 16.5. The molecule has 3 rings (SSSR count). The number of carbonyl (C=O) groups excluding carboxylic acids is 1. The van der Waals surface area contributed by atoms with Gasteiger partial charge in [0.2, 0.25) is 0 Å². The molecule has 1 aromatic carbocycles. The van der Waals surface area contributed by atoms with Crippen LogP contribution in [-0.4, -0.2) is 75.6 Å². The number of aryl methyl sites for hydroxylation is 2. The van der Waals surface area contributed by atoms with Crippen molar-refractivity contribution in [2.75, 3.05) is 63.9 Å². The molecule has 1 aromatic heterocycles. The van der Waals surface area contributed by atoms with Crippen molar-refractivity contribution in [3.8, 4) is 0 Å². The monoisotopic (exact) mass is 453 g/mol. The summed E-state index contributed by atoms with van der Waals surface area (Å²) in [4.78, 5) is 20.8. The Morgan fingerprint density at radius 2 is 2.09 bits per heavy atom. The van der Waals surface area contributed by atoms with Gasteiger partial charge in [0.05, 0.1) is 32.5 Å². The molecule has 0 spiro atoms. The van der Waals surface area contributed by atoms with E-state index < -0.39 is 0 Å². The van der Waals surface area contributed by atoms with Crippen molar-refractivity contribution in [2.24, 2.45) is 5.10 Å². The topological polar surface area (TPSA) is 79.3 Å². The number of carbonyl (C=O) groups is 1. The number of hydrazone groups is 1. The van der Waals surface area contributed by atoms with Gasteiger partial charge in [-0.15, -0.1) is 0 Å². The Morgan fingerprint density at radius 1 is 1.27 bits per heavy atom. The van der Waals surface area contributed by atoms with E-state index in [1.807, 2.05) is 37.2 Å². The van der Waals surface area contributed by atoms with Crippen LogP contribution in [0.1, 0.15) is 29.7 Å². The number of esters is 1. The summed E-state index contributed by atoms with van der Waals surface area (Å²) >= 11 is 0. The minimum absolute atomic E-state index is 0.161. The summed E-state index contributed by atoms with van der Waals surface area (Å²) in [5.74, 6) is 0.535. The van der Waals surface area contributed by atoms with Crippen molar-refractivity contribution in [2.45, 2.75) is 26.2 Å². The Labute approximate surface area is 196 Å². The lowest BCUT2D eigenvalue weighted by Gasteiger charge is -2.29. The lowest BCUT2D eigenvalue weighted by atomic mass is 10.2. The Bertz CT molecular complexity index is 926. The zero-order valence-corrected chi connectivity index (χ0v) is 19.9. The highest BCUT2D eigenvalue weighted by molar-refractivity contribution is 5.80. The second-order valence-corrected chi connectivity index (χ2v) is 8.46. The summed E-state index contributed by atoms with van der Waals surface area (Å²) in [6.07, 6.45) is 3.64. The average molecular weight is 454 g/mol. The highest BCUT2D eigenvalue weighted by Gasteiger charge is 2.14. The standard InChI is InChI=1S/C25H35N5O3/c1-20-6-4-7-21(16-20)19-26-28-24-18-23(30-11-14-32-15-12-30)17-22(27-24)8-5-13-33-25(31)9-10-29(2)3/h4,6-7,16-19H,5,8-15H2,1-3H3,(H,27,28)/b26-19+. The van der Waals surface area contributed by atoms with Crippen molar-refractivity contribution < 1.29 is 14.3 Å². The fraction of sp³-hybridized carbons (Fsp3) is 0.480. The Balaban J connectivity index is 1.61. The Kier molecular flexibility index (Phi) is 9.65. The second-order valence-electron chi connectivity index (χ2n) is 8.46. The molecule has 2 aromatic rings. The van der Waals surface area contributed by atoms with Crippen LogP contribution in [-0.2, 0) is 20.7 Å². The van der Waals surface area contributed by atoms with Gasteiger partial charge >= 0.3 is 5.97 Å². The fourth-order valence-electron chi connectivity index (χ4n) is 3.51. The summed E-state index contributed by atoms with van der Waals surface area (Å²) in [5, 5.41) is 4.38. The number of anilines is 2. The quantitative estimate of drug-likeness (QED) is 0.242. The molecule has 0 unspecified atom stereocenters. The normalized spacial score (nSPS) is 14.1. The van der Waals surface area contributed by atoms with Gasteiger partial charge in [-0.1, -0.05) is 29.8 Å². The molecule has 8 heteroatoms. The molecular formula is C25H35N5O3. The molecule has 33 heavy (non-hydrogen) atoms. The molecule has 0 amide bonds. The molecule has 0 bridgehead atoms. The van der Waals surface area contributed by atoms with Gasteiger partial charge in [-0.2, -0.15) is 5.10 Å². The third-order valence-corrected chi connectivity index (χ3v) is 5.28. The van der Waals surface area contributed by atoms with Crippen molar-refractivity contribution in [1.82, 2.24) is 9.88 Å². The van der Waals surface area contributed by atoms with Crippen LogP contribution in [0.15, 0.2) is 41.5 Å². The molecule has 0 aliphatic carbocycles. The van der Waals surface area contributed by atoms with Crippen LogP contribution in [0.5, 0.6) is 0 Å². The van der Waals surface area contributed by atoms with Gasteiger partial charge in [-0.05, 0) is 45.5 Å². The minimum Gasteiger partial charge on any atom is -0.466 e. The van der Waals surface area contributed by atoms with Gasteiger partial charge in [0.25, 0.3) is 0 Å². The van der Waals surface area contributed by atoms with E-state index in [9.17, 15) is 4.79 Å². The van der Waals surface area contributed by atoms with Crippen molar-refractivity contribution in [3.05, 3.63) is 53.2 Å². The number of rotatable bonds is 11. The lowest BCUT2D eigenvalue weighted by Crippen LogP contribution is -2.36. The van der Waals surface area contributed by atoms with Crippen molar-refractivity contribution in [1.29, 1.82) is 0 Å². The molecular weight excluding hydrogens is 418 g/mol. The van der Waals surface area contributed by atoms with Crippen LogP contribution in [0.25, 0.3) is 0 Å². The summed E-state index contributed by atoms with van der Waals surface area (Å²) in [5.41, 5.74) is 7.34. The number of morpholine rings is 1. The fourth-order valence-corrected chi connectivity index (χ4v) is 3.51. The molecule has 0 radical (unpaired) electrons. The van der Waals surface area contributed by atoms with Crippen LogP contribution in [0.3, 0.4) is 0 Å². The summed E-state index contributed by atoms with van der Waals surface area (Å²) in [7, 11) is 3.88. The molecule has 0 saturated carbocycles. The van der Waals surface area contributed by atoms with Gasteiger partial charge in [0.15, 0.2) is 0 Å². The number of nitrogens with zero attached hydrogens (tertiary/aromatic N) is 4. The number of ether oxygens (including phenoxy) is 2. The summed E-state index contributed by atoms with van der Waals surface area (Å²) in [6, 6.07) is 12.3. The van der Waals surface area contributed by atoms with E-state index in [0.29, 0.717) is 25.4 Å². The number of benzene rings is 1. The van der Waals surface area contributed by atoms with Crippen LogP contribution in [0, 0.1) is 6.92 Å². The molecule has 8 nitrogen and oxygen atoms in total. The van der Waals surface area contributed by atoms with Gasteiger partial charge in [-0.3, -0.25) is 10.2 Å². The second kappa shape index (κ2) is 12.9. The molecule has 1 fully saturated rings. The zero-order valence-electron chi connectivity index (χ0n) is 19.9. The van der Waals surface area contributed by atoms with E-state index in [4.69, 9.17) is 14.5 Å². The lowest BCUT2D eigenvalue weighted by molar-refractivity contribution is -0.144. The first kappa shape index (κ1) is 24.7. The maximum absolute atomic E-state index is 11.8. The van der Waals surface area contributed by atoms with E-state index in [-0.39, 0.29) is 5.97 Å². The molecule has 178 valence electrons. The Hall–Kier alpha value is -2.97. The van der Waals surface area contributed by atoms with E-state index >= 15 is 0 Å². The number of hydrogen-bond acceptors (Lipinski definition) is 8. The van der Waals surface area contributed by atoms with Crippen LogP contribution >= 0.6 is 0 Å². The van der Waals surface area contributed by atoms with E-state index in [1.54, 1.807) is 6.21 Å². The van der Waals surface area contributed by atoms with Gasteiger partial charge in [0, 0.05) is 37.1 Å². The van der Waals surface area contributed by atoms with Crippen molar-refractivity contribution in [3.63, 3.8) is 0 Å². The highest BCUT2D eigenvalue weighted by Crippen LogP contribution is 2.22. The summed E-state index contributed by atoms with van der Waals surface area (Å²) < 4.78 is 10.8. The van der Waals surface area contributed by atoms with Crippen molar-refractivity contribution >= 4 is 23.7 Å². The van der Waals surface area contributed by atoms with Crippen LogP contribution in [0.4, 0.5) is 11.5 Å². The maximum Gasteiger partial charge on any atom is 0.307 e. The van der Waals surface area contributed by atoms with Gasteiger partial charge in [-0.25, -0.2) is 4.98 Å². The molecule has 1 saturated heterocycles. The predicted octanol–water partition coefficient (Wildman–Crippen LogP) is 3.10. The zero-order chi connectivity index (χ0) is 23.5.